The molecule has 2 aromatic rings. The van der Waals surface area contributed by atoms with Crippen LogP contribution in [-0.4, -0.2) is 44.2 Å². The molecule has 28 heavy (non-hydrogen) atoms. The molecule has 0 spiro atoms. The first-order valence-electron chi connectivity index (χ1n) is 9.15. The van der Waals surface area contributed by atoms with E-state index in [-0.39, 0.29) is 24.4 Å². The Balaban J connectivity index is 0.00000280. The number of carbonyl (C=O) groups excluding carboxylic acids is 1. The van der Waals surface area contributed by atoms with E-state index in [1.54, 1.807) is 14.2 Å². The van der Waals surface area contributed by atoms with Crippen LogP contribution in [0.3, 0.4) is 0 Å². The Morgan fingerprint density at radius 3 is 2.32 bits per heavy atom. The summed E-state index contributed by atoms with van der Waals surface area (Å²) >= 11 is 0. The number of nitrogens with two attached hydrogens (primary N) is 1. The highest BCUT2D eigenvalue weighted by Gasteiger charge is 2.24. The fraction of sp³-hybridized carbons (Fsp3) is 0.381. The molecule has 1 aliphatic heterocycles. The normalized spacial score (nSPS) is 16.3. The minimum atomic E-state index is -0.0338. The van der Waals surface area contributed by atoms with Crippen LogP contribution in [-0.2, 0) is 13.1 Å². The van der Waals surface area contributed by atoms with E-state index in [1.807, 2.05) is 42.5 Å². The van der Waals surface area contributed by atoms with Gasteiger partial charge in [0.1, 0.15) is 11.5 Å². The standard InChI is InChI=1S/C21H27N3O3.ClH/c1-26-19-9-16(10-20(11-19)27-2)13-24-8-7-18(14-24)23-21(25)17-5-3-15(12-22)4-6-17;/h3-6,9-11,18H,7-8,12-14,22H2,1-2H3,(H,23,25);1H. The minimum absolute atomic E-state index is 0. The first-order valence-corrected chi connectivity index (χ1v) is 9.15. The number of nitrogens with one attached hydrogen (secondary N) is 1. The molecule has 3 N–H and O–H groups in total. The van der Waals surface area contributed by atoms with E-state index in [9.17, 15) is 4.79 Å². The molecule has 0 bridgehead atoms. The van der Waals surface area contributed by atoms with Gasteiger partial charge in [-0.1, -0.05) is 12.1 Å². The van der Waals surface area contributed by atoms with Crippen LogP contribution in [0.4, 0.5) is 0 Å². The van der Waals surface area contributed by atoms with Gasteiger partial charge >= 0.3 is 0 Å². The van der Waals surface area contributed by atoms with Crippen LogP contribution in [0.25, 0.3) is 0 Å². The molecule has 1 atom stereocenters. The highest BCUT2D eigenvalue weighted by molar-refractivity contribution is 5.94. The maximum Gasteiger partial charge on any atom is 0.251 e. The molecule has 6 nitrogen and oxygen atoms in total. The number of methoxy groups -OCH3 is 2. The fourth-order valence-corrected chi connectivity index (χ4v) is 3.37. The summed E-state index contributed by atoms with van der Waals surface area (Å²) in [6, 6.07) is 13.5. The first kappa shape index (κ1) is 22.0. The molecule has 0 aliphatic carbocycles. The van der Waals surface area contributed by atoms with Gasteiger partial charge in [0.25, 0.3) is 5.91 Å². The molecule has 7 heteroatoms. The van der Waals surface area contributed by atoms with E-state index in [1.165, 1.54) is 0 Å². The average Bonchev–Trinajstić information content (AvgIpc) is 3.14. The summed E-state index contributed by atoms with van der Waals surface area (Å²) in [7, 11) is 3.31. The van der Waals surface area contributed by atoms with Gasteiger partial charge in [-0.05, 0) is 41.8 Å². The molecule has 3 rings (SSSR count). The van der Waals surface area contributed by atoms with Gasteiger partial charge in [-0.15, -0.1) is 12.4 Å². The lowest BCUT2D eigenvalue weighted by atomic mass is 10.1. The van der Waals surface area contributed by atoms with Gasteiger partial charge in [0, 0.05) is 43.9 Å². The van der Waals surface area contributed by atoms with Crippen LogP contribution in [0.2, 0.25) is 0 Å². The fourth-order valence-electron chi connectivity index (χ4n) is 3.37. The summed E-state index contributed by atoms with van der Waals surface area (Å²) in [5.41, 5.74) is 8.43. The lowest BCUT2D eigenvalue weighted by Gasteiger charge is -2.18. The summed E-state index contributed by atoms with van der Waals surface area (Å²) in [5, 5.41) is 3.13. The van der Waals surface area contributed by atoms with Crippen molar-refractivity contribution >= 4 is 18.3 Å². The van der Waals surface area contributed by atoms with Crippen molar-refractivity contribution in [2.45, 2.75) is 25.6 Å². The van der Waals surface area contributed by atoms with Crippen molar-refractivity contribution in [2.75, 3.05) is 27.3 Å². The van der Waals surface area contributed by atoms with Crippen molar-refractivity contribution in [3.63, 3.8) is 0 Å². The van der Waals surface area contributed by atoms with Gasteiger partial charge in [-0.25, -0.2) is 0 Å². The Kier molecular flexibility index (Phi) is 8.11. The van der Waals surface area contributed by atoms with E-state index in [4.69, 9.17) is 15.2 Å². The van der Waals surface area contributed by atoms with Crippen LogP contribution in [0.15, 0.2) is 42.5 Å². The first-order chi connectivity index (χ1) is 13.1. The number of ether oxygens (including phenoxy) is 2. The van der Waals surface area contributed by atoms with Crippen molar-refractivity contribution < 1.29 is 14.3 Å². The second-order valence-corrected chi connectivity index (χ2v) is 6.82. The van der Waals surface area contributed by atoms with Crippen molar-refractivity contribution in [3.8, 4) is 11.5 Å². The molecule has 1 fully saturated rings. The quantitative estimate of drug-likeness (QED) is 0.740. The molecule has 1 heterocycles. The van der Waals surface area contributed by atoms with Crippen LogP contribution in [0.5, 0.6) is 11.5 Å². The molecule has 152 valence electrons. The van der Waals surface area contributed by atoms with Gasteiger partial charge in [0.2, 0.25) is 0 Å². The Labute approximate surface area is 172 Å². The zero-order valence-electron chi connectivity index (χ0n) is 16.3. The summed E-state index contributed by atoms with van der Waals surface area (Å²) in [5.74, 6) is 1.54. The van der Waals surface area contributed by atoms with Crippen molar-refractivity contribution in [1.82, 2.24) is 10.2 Å². The van der Waals surface area contributed by atoms with Crippen LogP contribution in [0.1, 0.15) is 27.9 Å². The lowest BCUT2D eigenvalue weighted by molar-refractivity contribution is 0.0937. The zero-order chi connectivity index (χ0) is 19.2. The molecular formula is C21H28ClN3O3. The average molecular weight is 406 g/mol. The second kappa shape index (κ2) is 10.3. The predicted molar refractivity (Wildman–Crippen MR) is 112 cm³/mol. The number of hydrogen-bond acceptors (Lipinski definition) is 5. The van der Waals surface area contributed by atoms with E-state index >= 15 is 0 Å². The number of benzene rings is 2. The van der Waals surface area contributed by atoms with E-state index in [0.717, 1.165) is 48.7 Å². The van der Waals surface area contributed by atoms with Gasteiger partial charge in [0.15, 0.2) is 0 Å². The maximum absolute atomic E-state index is 12.4. The number of rotatable bonds is 7. The summed E-state index contributed by atoms with van der Waals surface area (Å²) in [6.07, 6.45) is 0.938. The monoisotopic (exact) mass is 405 g/mol. The molecule has 0 radical (unpaired) electrons. The third-order valence-corrected chi connectivity index (χ3v) is 4.88. The van der Waals surface area contributed by atoms with Crippen LogP contribution >= 0.6 is 12.4 Å². The molecule has 1 unspecified atom stereocenters. The smallest absolute Gasteiger partial charge is 0.251 e. The number of halogens is 1. The number of likely N-dealkylation sites (tertiary alicyclic amines) is 1. The summed E-state index contributed by atoms with van der Waals surface area (Å²) in [6.45, 7) is 3.04. The number of nitrogens with zero attached hydrogens (tertiary/aromatic N) is 1. The van der Waals surface area contributed by atoms with Crippen LogP contribution in [0, 0.1) is 0 Å². The SMILES string of the molecule is COc1cc(CN2CCC(NC(=O)c3ccc(CN)cc3)C2)cc(OC)c1.Cl. The lowest BCUT2D eigenvalue weighted by Crippen LogP contribution is -2.37. The Morgan fingerprint density at radius 2 is 1.75 bits per heavy atom. The zero-order valence-corrected chi connectivity index (χ0v) is 17.1. The number of hydrogen-bond donors (Lipinski definition) is 2. The third kappa shape index (κ3) is 5.61. The van der Waals surface area contributed by atoms with Gasteiger partial charge < -0.3 is 20.5 Å². The van der Waals surface area contributed by atoms with E-state index in [0.29, 0.717) is 12.1 Å². The Morgan fingerprint density at radius 1 is 1.11 bits per heavy atom. The molecule has 1 saturated heterocycles. The largest absolute Gasteiger partial charge is 0.497 e. The Hall–Kier alpha value is -2.28. The molecule has 0 saturated carbocycles. The minimum Gasteiger partial charge on any atom is -0.497 e. The topological polar surface area (TPSA) is 76.8 Å². The Bertz CT molecular complexity index is 761. The number of amides is 1. The summed E-state index contributed by atoms with van der Waals surface area (Å²) in [4.78, 5) is 14.8. The van der Waals surface area contributed by atoms with E-state index < -0.39 is 0 Å². The van der Waals surface area contributed by atoms with Gasteiger partial charge in [-0.2, -0.15) is 0 Å². The number of carbonyl (C=O) groups is 1. The molecule has 1 amide bonds. The van der Waals surface area contributed by atoms with Gasteiger partial charge in [0.05, 0.1) is 14.2 Å². The van der Waals surface area contributed by atoms with Crippen molar-refractivity contribution in [2.24, 2.45) is 5.73 Å². The van der Waals surface area contributed by atoms with Crippen LogP contribution < -0.4 is 20.5 Å². The third-order valence-electron chi connectivity index (χ3n) is 4.88. The van der Waals surface area contributed by atoms with E-state index in [2.05, 4.69) is 10.2 Å². The van der Waals surface area contributed by atoms with Crippen molar-refractivity contribution in [1.29, 1.82) is 0 Å². The van der Waals surface area contributed by atoms with Crippen molar-refractivity contribution in [3.05, 3.63) is 59.2 Å². The molecular weight excluding hydrogens is 378 g/mol. The second-order valence-electron chi connectivity index (χ2n) is 6.82. The van der Waals surface area contributed by atoms with Gasteiger partial charge in [-0.3, -0.25) is 9.69 Å². The maximum atomic E-state index is 12.4. The molecule has 0 aromatic heterocycles. The summed E-state index contributed by atoms with van der Waals surface area (Å²) < 4.78 is 10.7. The highest BCUT2D eigenvalue weighted by atomic mass is 35.5. The highest BCUT2D eigenvalue weighted by Crippen LogP contribution is 2.24. The molecule has 2 aromatic carbocycles. The molecule has 1 aliphatic rings. The predicted octanol–water partition coefficient (Wildman–Crippen LogP) is 2.59.